The molecule has 1 aromatic carbocycles. The van der Waals surface area contributed by atoms with Crippen LogP contribution < -0.4 is 0 Å². The van der Waals surface area contributed by atoms with Gasteiger partial charge in [-0.15, -0.1) is 0 Å². The fourth-order valence-electron chi connectivity index (χ4n) is 2.00. The third-order valence-corrected chi connectivity index (χ3v) is 3.28. The van der Waals surface area contributed by atoms with E-state index >= 15 is 0 Å². The van der Waals surface area contributed by atoms with Crippen LogP contribution in [0.25, 0.3) is 0 Å². The largest absolute Gasteiger partial charge is 0.316 e. The van der Waals surface area contributed by atoms with Crippen LogP contribution in [0.15, 0.2) is 24.3 Å². The monoisotopic (exact) mass is 284 g/mol. The summed E-state index contributed by atoms with van der Waals surface area (Å²) in [5.41, 5.74) is 2.46. The minimum atomic E-state index is -0.158. The summed E-state index contributed by atoms with van der Waals surface area (Å²) in [4.78, 5) is 15.3. The summed E-state index contributed by atoms with van der Waals surface area (Å²) in [7, 11) is 1.96. The van der Waals surface area contributed by atoms with E-state index in [1.54, 1.807) is 0 Å². The van der Waals surface area contributed by atoms with E-state index in [1.807, 2.05) is 31.3 Å². The van der Waals surface area contributed by atoms with Crippen molar-refractivity contribution in [3.05, 3.63) is 35.4 Å². The molecule has 1 aromatic rings. The Morgan fingerprint density at radius 3 is 2.38 bits per heavy atom. The maximum absolute atomic E-state index is 11.9. The number of aryl methyl sites for hydroxylation is 1. The molecule has 5 nitrogen and oxygen atoms in total. The van der Waals surface area contributed by atoms with Gasteiger partial charge in [0.15, 0.2) is 0 Å². The Morgan fingerprint density at radius 1 is 1.19 bits per heavy atom. The maximum atomic E-state index is 11.9. The molecule has 0 aromatic heterocycles. The highest BCUT2D eigenvalue weighted by Crippen LogP contribution is 2.09. The van der Waals surface area contributed by atoms with Crippen LogP contribution in [0.3, 0.4) is 0 Å². The van der Waals surface area contributed by atoms with Gasteiger partial charge in [-0.3, -0.25) is 4.79 Å². The van der Waals surface area contributed by atoms with Crippen LogP contribution in [0.4, 0.5) is 0 Å². The fraction of sp³-hybridized carbons (Fsp3) is 0.438. The summed E-state index contributed by atoms with van der Waals surface area (Å²) in [6.07, 6.45) is 0.311. The number of nitrogens with zero attached hydrogens (tertiary/aromatic N) is 4. The van der Waals surface area contributed by atoms with Gasteiger partial charge in [-0.05, 0) is 25.1 Å². The van der Waals surface area contributed by atoms with Gasteiger partial charge in [-0.2, -0.15) is 10.5 Å². The van der Waals surface area contributed by atoms with Crippen molar-refractivity contribution in [2.45, 2.75) is 19.9 Å². The van der Waals surface area contributed by atoms with E-state index in [-0.39, 0.29) is 19.0 Å². The lowest BCUT2D eigenvalue weighted by molar-refractivity contribution is -0.130. The van der Waals surface area contributed by atoms with E-state index in [4.69, 9.17) is 10.5 Å². The zero-order chi connectivity index (χ0) is 15.7. The molecule has 0 unspecified atom stereocenters. The first-order chi connectivity index (χ1) is 10.1. The molecule has 0 aliphatic rings. The van der Waals surface area contributed by atoms with Crippen molar-refractivity contribution in [2.75, 3.05) is 26.7 Å². The number of carbonyl (C=O) groups is 1. The van der Waals surface area contributed by atoms with E-state index in [9.17, 15) is 4.79 Å². The van der Waals surface area contributed by atoms with Gasteiger partial charge in [-0.1, -0.05) is 24.3 Å². The molecule has 0 bridgehead atoms. The zero-order valence-corrected chi connectivity index (χ0v) is 12.5. The lowest BCUT2D eigenvalue weighted by atomic mass is 10.1. The first kappa shape index (κ1) is 16.7. The summed E-state index contributed by atoms with van der Waals surface area (Å²) >= 11 is 0. The predicted molar refractivity (Wildman–Crippen MR) is 79.9 cm³/mol. The van der Waals surface area contributed by atoms with Crippen molar-refractivity contribution in [3.8, 4) is 12.1 Å². The standard InChI is InChI=1S/C16H20N4O/c1-14-5-3-4-6-15(14)13-19(2)10-7-16(21)20(11-8-17)12-9-18/h3-6H,7,10-13H2,1-2H3. The Morgan fingerprint density at radius 2 is 1.81 bits per heavy atom. The number of hydrogen-bond acceptors (Lipinski definition) is 4. The van der Waals surface area contributed by atoms with Crippen LogP contribution in [-0.4, -0.2) is 42.4 Å². The molecule has 0 aliphatic heterocycles. The normalized spacial score (nSPS) is 9.95. The van der Waals surface area contributed by atoms with Crippen molar-refractivity contribution < 1.29 is 4.79 Å². The van der Waals surface area contributed by atoms with Crippen molar-refractivity contribution in [3.63, 3.8) is 0 Å². The Balaban J connectivity index is 2.47. The van der Waals surface area contributed by atoms with Gasteiger partial charge in [0.1, 0.15) is 13.1 Å². The van der Waals surface area contributed by atoms with Crippen LogP contribution >= 0.6 is 0 Å². The van der Waals surface area contributed by atoms with Gasteiger partial charge >= 0.3 is 0 Å². The molecule has 1 amide bonds. The minimum absolute atomic E-state index is 0.0338. The molecule has 0 atom stereocenters. The van der Waals surface area contributed by atoms with Gasteiger partial charge in [0.05, 0.1) is 12.1 Å². The summed E-state index contributed by atoms with van der Waals surface area (Å²) in [6.45, 7) is 3.37. The molecule has 0 radical (unpaired) electrons. The Bertz CT molecular complexity index is 540. The van der Waals surface area contributed by atoms with E-state index in [0.717, 1.165) is 6.54 Å². The molecular formula is C16H20N4O. The van der Waals surface area contributed by atoms with Crippen molar-refractivity contribution in [2.24, 2.45) is 0 Å². The molecule has 110 valence electrons. The topological polar surface area (TPSA) is 71.1 Å². The van der Waals surface area contributed by atoms with Crippen molar-refractivity contribution in [1.29, 1.82) is 10.5 Å². The summed E-state index contributed by atoms with van der Waals surface area (Å²) in [6, 6.07) is 12.0. The molecule has 0 spiro atoms. The molecule has 0 N–H and O–H groups in total. The number of benzene rings is 1. The Hall–Kier alpha value is -2.37. The van der Waals surface area contributed by atoms with Gasteiger partial charge < -0.3 is 9.80 Å². The van der Waals surface area contributed by atoms with Crippen molar-refractivity contribution in [1.82, 2.24) is 9.80 Å². The molecule has 0 saturated carbocycles. The van der Waals surface area contributed by atoms with Gasteiger partial charge in [-0.25, -0.2) is 0 Å². The highest BCUT2D eigenvalue weighted by molar-refractivity contribution is 5.76. The van der Waals surface area contributed by atoms with Crippen LogP contribution in [0.5, 0.6) is 0 Å². The van der Waals surface area contributed by atoms with Crippen LogP contribution in [0.2, 0.25) is 0 Å². The second-order valence-corrected chi connectivity index (χ2v) is 4.98. The smallest absolute Gasteiger partial charge is 0.225 e. The first-order valence-electron chi connectivity index (χ1n) is 6.83. The number of nitriles is 2. The molecule has 0 heterocycles. The van der Waals surface area contributed by atoms with Crippen molar-refractivity contribution >= 4 is 5.91 Å². The van der Waals surface area contributed by atoms with E-state index in [2.05, 4.69) is 24.0 Å². The quantitative estimate of drug-likeness (QED) is 0.714. The van der Waals surface area contributed by atoms with Gasteiger partial charge in [0.2, 0.25) is 5.91 Å². The molecule has 1 rings (SSSR count). The minimum Gasteiger partial charge on any atom is -0.316 e. The van der Waals surface area contributed by atoms with E-state index < -0.39 is 0 Å². The summed E-state index contributed by atoms with van der Waals surface area (Å²) < 4.78 is 0. The molecule has 5 heteroatoms. The summed E-state index contributed by atoms with van der Waals surface area (Å²) in [5.74, 6) is -0.158. The zero-order valence-electron chi connectivity index (χ0n) is 12.5. The van der Waals surface area contributed by atoms with Crippen LogP contribution in [-0.2, 0) is 11.3 Å². The highest BCUT2D eigenvalue weighted by atomic mass is 16.2. The molecule has 0 aliphatic carbocycles. The molecule has 21 heavy (non-hydrogen) atoms. The molecular weight excluding hydrogens is 264 g/mol. The first-order valence-corrected chi connectivity index (χ1v) is 6.83. The van der Waals surface area contributed by atoms with E-state index in [0.29, 0.717) is 13.0 Å². The average molecular weight is 284 g/mol. The van der Waals surface area contributed by atoms with Crippen LogP contribution in [0, 0.1) is 29.6 Å². The fourth-order valence-corrected chi connectivity index (χ4v) is 2.00. The second-order valence-electron chi connectivity index (χ2n) is 4.98. The van der Waals surface area contributed by atoms with Gasteiger partial charge in [0, 0.05) is 19.5 Å². The highest BCUT2D eigenvalue weighted by Gasteiger charge is 2.13. The Kier molecular flexibility index (Phi) is 6.94. The SMILES string of the molecule is Cc1ccccc1CN(C)CCC(=O)N(CC#N)CC#N. The number of rotatable bonds is 7. The van der Waals surface area contributed by atoms with Gasteiger partial charge in [0.25, 0.3) is 0 Å². The Labute approximate surface area is 126 Å². The number of carbonyl (C=O) groups excluding carboxylic acids is 1. The number of hydrogen-bond donors (Lipinski definition) is 0. The second kappa shape index (κ2) is 8.73. The lowest BCUT2D eigenvalue weighted by Crippen LogP contribution is -2.34. The van der Waals surface area contributed by atoms with E-state index in [1.165, 1.54) is 16.0 Å². The third-order valence-electron chi connectivity index (χ3n) is 3.28. The molecule has 0 saturated heterocycles. The number of amides is 1. The third kappa shape index (κ3) is 5.64. The summed E-state index contributed by atoms with van der Waals surface area (Å²) in [5, 5.41) is 17.3. The van der Waals surface area contributed by atoms with Crippen LogP contribution in [0.1, 0.15) is 17.5 Å². The lowest BCUT2D eigenvalue weighted by Gasteiger charge is -2.20. The average Bonchev–Trinajstić information content (AvgIpc) is 2.47. The molecule has 0 fully saturated rings. The maximum Gasteiger partial charge on any atom is 0.225 e. The predicted octanol–water partition coefficient (Wildman–Crippen LogP) is 1.69.